The summed E-state index contributed by atoms with van der Waals surface area (Å²) in [4.78, 5) is 10.3. The Kier molecular flexibility index (Phi) is 2.90. The van der Waals surface area contributed by atoms with E-state index in [2.05, 4.69) is 16.9 Å². The van der Waals surface area contributed by atoms with Crippen LogP contribution in [0.3, 0.4) is 0 Å². The van der Waals surface area contributed by atoms with Gasteiger partial charge in [0.1, 0.15) is 23.1 Å². The molecule has 5 heteroatoms. The normalized spacial score (nSPS) is 17.7. The first kappa shape index (κ1) is 12.4. The molecule has 0 aliphatic carbocycles. The number of anilines is 2. The van der Waals surface area contributed by atoms with Crippen molar-refractivity contribution in [3.8, 4) is 0 Å². The van der Waals surface area contributed by atoms with Gasteiger partial charge >= 0.3 is 0 Å². The van der Waals surface area contributed by atoms with Gasteiger partial charge in [-0.05, 0) is 36.1 Å². The van der Waals surface area contributed by atoms with Crippen LogP contribution in [0.15, 0.2) is 24.5 Å². The number of fused-ring (bicyclic) bond motifs is 2. The quantitative estimate of drug-likeness (QED) is 0.688. The molecule has 19 heavy (non-hydrogen) atoms. The van der Waals surface area contributed by atoms with E-state index in [0.29, 0.717) is 11.6 Å². The maximum Gasteiger partial charge on any atom is 0.140 e. The molecule has 98 valence electrons. The Bertz CT molecular complexity index is 645. The molecule has 1 aromatic carbocycles. The van der Waals surface area contributed by atoms with Crippen molar-refractivity contribution < 1.29 is 4.39 Å². The fourth-order valence-corrected chi connectivity index (χ4v) is 2.81. The van der Waals surface area contributed by atoms with Crippen molar-refractivity contribution in [2.24, 2.45) is 0 Å². The number of halogens is 2. The average molecular weight is 278 g/mol. The van der Waals surface area contributed by atoms with Gasteiger partial charge in [0.25, 0.3) is 0 Å². The Balaban J connectivity index is 2.24. The van der Waals surface area contributed by atoms with Crippen LogP contribution in [0.5, 0.6) is 0 Å². The van der Waals surface area contributed by atoms with Crippen molar-refractivity contribution in [1.82, 2.24) is 9.97 Å². The lowest BCUT2D eigenvalue weighted by atomic mass is 9.94. The van der Waals surface area contributed by atoms with E-state index in [1.165, 1.54) is 12.4 Å². The summed E-state index contributed by atoms with van der Waals surface area (Å²) in [6, 6.07) is 4.84. The number of aromatic nitrogens is 2. The molecule has 0 spiro atoms. The molecular formula is C14H13ClFN3. The van der Waals surface area contributed by atoms with Crippen molar-refractivity contribution in [2.75, 3.05) is 11.9 Å². The largest absolute Gasteiger partial charge is 0.329 e. The van der Waals surface area contributed by atoms with E-state index in [4.69, 9.17) is 11.6 Å². The molecule has 1 atom stereocenters. The Morgan fingerprint density at radius 3 is 2.95 bits per heavy atom. The monoisotopic (exact) mass is 277 g/mol. The maximum atomic E-state index is 13.5. The summed E-state index contributed by atoms with van der Waals surface area (Å²) >= 11 is 6.17. The maximum absolute atomic E-state index is 13.5. The number of hydrogen-bond acceptors (Lipinski definition) is 3. The molecule has 3 rings (SSSR count). The lowest BCUT2D eigenvalue weighted by Gasteiger charge is -2.21. The lowest BCUT2D eigenvalue weighted by molar-refractivity contribution is 0.621. The smallest absolute Gasteiger partial charge is 0.140 e. The van der Waals surface area contributed by atoms with Crippen LogP contribution in [0.2, 0.25) is 5.15 Å². The first-order valence-corrected chi connectivity index (χ1v) is 6.48. The van der Waals surface area contributed by atoms with E-state index in [9.17, 15) is 4.39 Å². The average Bonchev–Trinajstić information content (AvgIpc) is 2.49. The van der Waals surface area contributed by atoms with Crippen molar-refractivity contribution in [2.45, 2.75) is 19.3 Å². The Labute approximate surface area is 116 Å². The molecule has 1 aliphatic heterocycles. The van der Waals surface area contributed by atoms with Gasteiger partial charge in [-0.2, -0.15) is 0 Å². The van der Waals surface area contributed by atoms with E-state index < -0.39 is 0 Å². The van der Waals surface area contributed by atoms with Gasteiger partial charge < -0.3 is 4.90 Å². The second-order valence-corrected chi connectivity index (χ2v) is 5.19. The highest BCUT2D eigenvalue weighted by atomic mass is 35.5. The van der Waals surface area contributed by atoms with Gasteiger partial charge in [0.05, 0.1) is 0 Å². The fourth-order valence-electron chi connectivity index (χ4n) is 2.60. The van der Waals surface area contributed by atoms with Gasteiger partial charge in [0.15, 0.2) is 0 Å². The van der Waals surface area contributed by atoms with Crippen molar-refractivity contribution in [1.29, 1.82) is 0 Å². The number of nitrogens with zero attached hydrogens (tertiary/aromatic N) is 3. The number of benzene rings is 1. The van der Waals surface area contributed by atoms with E-state index in [0.717, 1.165) is 22.6 Å². The zero-order chi connectivity index (χ0) is 13.6. The van der Waals surface area contributed by atoms with Gasteiger partial charge in [-0.25, -0.2) is 14.4 Å². The number of rotatable bonds is 0. The standard InChI is InChI=1S/C14H13ClFN3/c1-8-5-11-13(15)17-7-18-14(11)19(2)12-4-3-9(16)6-10(8)12/h3-4,6-8H,5H2,1-2H3. The van der Waals surface area contributed by atoms with Gasteiger partial charge in [-0.15, -0.1) is 0 Å². The molecule has 2 heterocycles. The van der Waals surface area contributed by atoms with E-state index in [1.54, 1.807) is 12.1 Å². The zero-order valence-corrected chi connectivity index (χ0v) is 11.4. The minimum atomic E-state index is -0.220. The summed E-state index contributed by atoms with van der Waals surface area (Å²) in [5.41, 5.74) is 2.84. The highest BCUT2D eigenvalue weighted by molar-refractivity contribution is 6.30. The predicted molar refractivity (Wildman–Crippen MR) is 73.6 cm³/mol. The molecule has 3 nitrogen and oxygen atoms in total. The Morgan fingerprint density at radius 2 is 2.16 bits per heavy atom. The molecule has 0 saturated carbocycles. The zero-order valence-electron chi connectivity index (χ0n) is 10.7. The van der Waals surface area contributed by atoms with Gasteiger partial charge in [-0.1, -0.05) is 18.5 Å². The summed E-state index contributed by atoms with van der Waals surface area (Å²) < 4.78 is 13.5. The van der Waals surface area contributed by atoms with E-state index >= 15 is 0 Å². The van der Waals surface area contributed by atoms with Crippen LogP contribution < -0.4 is 4.90 Å². The third kappa shape index (κ3) is 1.96. The Hall–Kier alpha value is -1.68. The lowest BCUT2D eigenvalue weighted by Crippen LogP contribution is -2.13. The third-order valence-electron chi connectivity index (χ3n) is 3.58. The molecule has 1 aliphatic rings. The summed E-state index contributed by atoms with van der Waals surface area (Å²) in [5, 5.41) is 0.469. The molecule has 0 bridgehead atoms. The van der Waals surface area contributed by atoms with Crippen LogP contribution in [-0.4, -0.2) is 17.0 Å². The van der Waals surface area contributed by atoms with Crippen LogP contribution in [0.1, 0.15) is 24.0 Å². The molecule has 0 amide bonds. The first-order chi connectivity index (χ1) is 9.08. The van der Waals surface area contributed by atoms with Crippen LogP contribution in [0.25, 0.3) is 0 Å². The second kappa shape index (κ2) is 4.46. The summed E-state index contributed by atoms with van der Waals surface area (Å²) in [7, 11) is 1.91. The fraction of sp³-hybridized carbons (Fsp3) is 0.286. The minimum absolute atomic E-state index is 0.165. The second-order valence-electron chi connectivity index (χ2n) is 4.83. The summed E-state index contributed by atoms with van der Waals surface area (Å²) in [5.74, 6) is 0.734. The third-order valence-corrected chi connectivity index (χ3v) is 3.91. The minimum Gasteiger partial charge on any atom is -0.329 e. The molecule has 0 saturated heterocycles. The highest BCUT2D eigenvalue weighted by Gasteiger charge is 2.25. The Morgan fingerprint density at radius 1 is 1.37 bits per heavy atom. The first-order valence-electron chi connectivity index (χ1n) is 6.10. The van der Waals surface area contributed by atoms with Crippen LogP contribution in [0.4, 0.5) is 15.9 Å². The van der Waals surface area contributed by atoms with Crippen molar-refractivity contribution in [3.63, 3.8) is 0 Å². The molecule has 1 aromatic heterocycles. The topological polar surface area (TPSA) is 29.0 Å². The van der Waals surface area contributed by atoms with Gasteiger partial charge in [0.2, 0.25) is 0 Å². The van der Waals surface area contributed by atoms with Gasteiger partial charge in [-0.3, -0.25) is 0 Å². The summed E-state index contributed by atoms with van der Waals surface area (Å²) in [6.07, 6.45) is 2.16. The van der Waals surface area contributed by atoms with Crippen molar-refractivity contribution in [3.05, 3.63) is 46.6 Å². The predicted octanol–water partition coefficient (Wildman–Crippen LogP) is 3.70. The van der Waals surface area contributed by atoms with Crippen LogP contribution in [0, 0.1) is 5.82 Å². The molecule has 2 aromatic rings. The molecular weight excluding hydrogens is 265 g/mol. The van der Waals surface area contributed by atoms with Gasteiger partial charge in [0, 0.05) is 18.3 Å². The summed E-state index contributed by atoms with van der Waals surface area (Å²) in [6.45, 7) is 2.06. The van der Waals surface area contributed by atoms with E-state index in [1.807, 2.05) is 11.9 Å². The number of hydrogen-bond donors (Lipinski definition) is 0. The SMILES string of the molecule is CC1Cc2c(Cl)ncnc2N(C)c2ccc(F)cc21. The molecule has 1 unspecified atom stereocenters. The van der Waals surface area contributed by atoms with E-state index in [-0.39, 0.29) is 11.7 Å². The van der Waals surface area contributed by atoms with Crippen molar-refractivity contribution >= 4 is 23.1 Å². The molecule has 0 N–H and O–H groups in total. The molecule has 0 fully saturated rings. The molecule has 0 radical (unpaired) electrons. The highest BCUT2D eigenvalue weighted by Crippen LogP contribution is 2.40. The van der Waals surface area contributed by atoms with Crippen LogP contribution >= 0.6 is 11.6 Å². The van der Waals surface area contributed by atoms with Crippen LogP contribution in [-0.2, 0) is 6.42 Å².